The number of carbonyl (C=O) groups excluding carboxylic acids is 2. The summed E-state index contributed by atoms with van der Waals surface area (Å²) in [5.74, 6) is -0.962. The molecule has 1 unspecified atom stereocenters. The summed E-state index contributed by atoms with van der Waals surface area (Å²) in [6.07, 6.45) is 4.04. The fourth-order valence-corrected chi connectivity index (χ4v) is 7.57. The highest BCUT2D eigenvalue weighted by Crippen LogP contribution is 2.36. The lowest BCUT2D eigenvalue weighted by molar-refractivity contribution is -0.140. The average Bonchev–Trinajstić information content (AvgIpc) is 3.48. The van der Waals surface area contributed by atoms with Crippen molar-refractivity contribution in [1.82, 2.24) is 10.2 Å². The van der Waals surface area contributed by atoms with Gasteiger partial charge in [-0.15, -0.1) is 0 Å². The molecule has 0 saturated heterocycles. The smallest absolute Gasteiger partial charge is 0.264 e. The summed E-state index contributed by atoms with van der Waals surface area (Å²) >= 11 is 25.8. The second-order valence-electron chi connectivity index (χ2n) is 10.5. The number of sulfonamides is 1. The van der Waals surface area contributed by atoms with Crippen LogP contribution in [-0.2, 0) is 26.2 Å². The number of nitrogens with one attached hydrogen (secondary N) is 1. The molecule has 4 rings (SSSR count). The van der Waals surface area contributed by atoms with Crippen molar-refractivity contribution in [3.05, 3.63) is 91.9 Å². The van der Waals surface area contributed by atoms with E-state index < -0.39 is 28.5 Å². The third-order valence-corrected chi connectivity index (χ3v) is 10.9. The molecule has 1 N–H and O–H groups in total. The first-order valence-corrected chi connectivity index (χ1v) is 16.9. The molecule has 0 aliphatic heterocycles. The monoisotopic (exact) mass is 683 g/mol. The van der Waals surface area contributed by atoms with Crippen molar-refractivity contribution in [3.8, 4) is 0 Å². The molecule has 0 aromatic heterocycles. The number of nitrogens with zero attached hydrogens (tertiary/aromatic N) is 2. The van der Waals surface area contributed by atoms with Gasteiger partial charge in [-0.2, -0.15) is 0 Å². The number of rotatable bonds is 11. The molecule has 0 spiro atoms. The van der Waals surface area contributed by atoms with Crippen molar-refractivity contribution in [2.24, 2.45) is 0 Å². The van der Waals surface area contributed by atoms with Gasteiger partial charge in [-0.3, -0.25) is 13.9 Å². The molecule has 1 fully saturated rings. The Kier molecular flexibility index (Phi) is 11.3. The predicted molar refractivity (Wildman–Crippen MR) is 174 cm³/mol. The molecule has 0 radical (unpaired) electrons. The molecule has 1 aliphatic carbocycles. The molecule has 12 heteroatoms. The molecular formula is C31H33Cl4N3O4S. The molecule has 7 nitrogen and oxygen atoms in total. The number of hydrogen-bond acceptors (Lipinski definition) is 4. The topological polar surface area (TPSA) is 86.8 Å². The van der Waals surface area contributed by atoms with Gasteiger partial charge in [0.15, 0.2) is 0 Å². The van der Waals surface area contributed by atoms with Crippen LogP contribution in [0.3, 0.4) is 0 Å². The van der Waals surface area contributed by atoms with Gasteiger partial charge in [0.2, 0.25) is 11.8 Å². The Balaban J connectivity index is 1.78. The number of benzene rings is 3. The van der Waals surface area contributed by atoms with Crippen LogP contribution in [0.15, 0.2) is 65.6 Å². The number of hydrogen-bond donors (Lipinski definition) is 1. The van der Waals surface area contributed by atoms with E-state index in [-0.39, 0.29) is 45.5 Å². The maximum Gasteiger partial charge on any atom is 0.264 e. The van der Waals surface area contributed by atoms with E-state index in [4.69, 9.17) is 46.4 Å². The van der Waals surface area contributed by atoms with Crippen LogP contribution in [0.1, 0.15) is 50.2 Å². The van der Waals surface area contributed by atoms with E-state index in [2.05, 4.69) is 5.32 Å². The highest BCUT2D eigenvalue weighted by molar-refractivity contribution is 7.92. The summed E-state index contributed by atoms with van der Waals surface area (Å²) in [5, 5.41) is 3.80. The number of anilines is 1. The highest BCUT2D eigenvalue weighted by atomic mass is 35.5. The zero-order valence-corrected chi connectivity index (χ0v) is 27.7. The molecule has 0 heterocycles. The van der Waals surface area contributed by atoms with Crippen molar-refractivity contribution < 1.29 is 18.0 Å². The van der Waals surface area contributed by atoms with Crippen molar-refractivity contribution in [1.29, 1.82) is 0 Å². The van der Waals surface area contributed by atoms with E-state index in [0.29, 0.717) is 15.6 Å². The highest BCUT2D eigenvalue weighted by Gasteiger charge is 2.36. The van der Waals surface area contributed by atoms with Gasteiger partial charge >= 0.3 is 0 Å². The van der Waals surface area contributed by atoms with Crippen LogP contribution < -0.4 is 9.62 Å². The lowest BCUT2D eigenvalue weighted by Gasteiger charge is -2.34. The van der Waals surface area contributed by atoms with E-state index in [9.17, 15) is 18.0 Å². The average molecular weight is 686 g/mol. The van der Waals surface area contributed by atoms with Crippen molar-refractivity contribution in [3.63, 3.8) is 0 Å². The summed E-state index contributed by atoms with van der Waals surface area (Å²) in [6, 6.07) is 14.9. The van der Waals surface area contributed by atoms with Gasteiger partial charge in [0.1, 0.15) is 12.6 Å². The Morgan fingerprint density at radius 2 is 1.49 bits per heavy atom. The number of amides is 2. The summed E-state index contributed by atoms with van der Waals surface area (Å²) in [5.41, 5.74) is 1.34. The molecule has 1 saturated carbocycles. The lowest BCUT2D eigenvalue weighted by atomic mass is 10.1. The van der Waals surface area contributed by atoms with Gasteiger partial charge in [0, 0.05) is 28.2 Å². The summed E-state index contributed by atoms with van der Waals surface area (Å²) in [4.78, 5) is 29.2. The largest absolute Gasteiger partial charge is 0.352 e. The molecule has 230 valence electrons. The van der Waals surface area contributed by atoms with Crippen molar-refractivity contribution in [2.75, 3.05) is 10.8 Å². The number of halogens is 4. The van der Waals surface area contributed by atoms with Gasteiger partial charge in [-0.05, 0) is 62.6 Å². The zero-order chi connectivity index (χ0) is 31.3. The molecule has 1 atom stereocenters. The fourth-order valence-electron chi connectivity index (χ4n) is 5.18. The maximum atomic E-state index is 14.3. The van der Waals surface area contributed by atoms with E-state index in [0.717, 1.165) is 35.6 Å². The van der Waals surface area contributed by atoms with Crippen LogP contribution in [0, 0.1) is 6.92 Å². The Morgan fingerprint density at radius 3 is 2.09 bits per heavy atom. The molecule has 3 aromatic carbocycles. The van der Waals surface area contributed by atoms with Gasteiger partial charge < -0.3 is 10.2 Å². The number of carbonyl (C=O) groups is 2. The van der Waals surface area contributed by atoms with E-state index in [1.165, 1.54) is 29.2 Å². The van der Waals surface area contributed by atoms with Crippen LogP contribution in [0.25, 0.3) is 0 Å². The Labute approximate surface area is 273 Å². The molecule has 0 bridgehead atoms. The first-order valence-electron chi connectivity index (χ1n) is 14.0. The van der Waals surface area contributed by atoms with Gasteiger partial charge in [0.05, 0.1) is 20.6 Å². The number of aryl methyl sites for hydroxylation is 1. The normalized spacial score (nSPS) is 14.4. The standard InChI is InChI=1S/C31H33Cl4N3O4S/c1-3-27(31(40)36-21-8-4-5-9-21)37(18-23-24(32)10-6-11-25(23)33)29(39)19-38(28-13-7-12-26(34)30(28)35)43(41,42)22-16-14-20(2)15-17-22/h6-7,10-17,21,27H,3-5,8-9,18-19H2,1-2H3,(H,36,40). The van der Waals surface area contributed by atoms with Crippen LogP contribution in [-0.4, -0.2) is 43.8 Å². The van der Waals surface area contributed by atoms with Gasteiger partial charge in [-0.1, -0.05) is 96.0 Å². The first kappa shape index (κ1) is 33.4. The van der Waals surface area contributed by atoms with E-state index in [1.807, 2.05) is 6.92 Å². The Morgan fingerprint density at radius 1 is 0.907 bits per heavy atom. The first-order chi connectivity index (χ1) is 20.4. The van der Waals surface area contributed by atoms with Crippen LogP contribution in [0.4, 0.5) is 5.69 Å². The second-order valence-corrected chi connectivity index (χ2v) is 14.0. The SMILES string of the molecule is CCC(C(=O)NC1CCCC1)N(Cc1c(Cl)cccc1Cl)C(=O)CN(c1cccc(Cl)c1Cl)S(=O)(=O)c1ccc(C)cc1. The third-order valence-electron chi connectivity index (χ3n) is 7.57. The zero-order valence-electron chi connectivity index (χ0n) is 23.8. The molecule has 1 aliphatic rings. The van der Waals surface area contributed by atoms with Gasteiger partial charge in [0.25, 0.3) is 10.0 Å². The Bertz CT molecular complexity index is 1560. The predicted octanol–water partition coefficient (Wildman–Crippen LogP) is 7.67. The van der Waals surface area contributed by atoms with Crippen molar-refractivity contribution >= 4 is 73.9 Å². The molecular weight excluding hydrogens is 652 g/mol. The van der Waals surface area contributed by atoms with E-state index >= 15 is 0 Å². The minimum atomic E-state index is -4.31. The van der Waals surface area contributed by atoms with Crippen LogP contribution in [0.5, 0.6) is 0 Å². The van der Waals surface area contributed by atoms with Crippen molar-refractivity contribution in [2.45, 2.75) is 69.5 Å². The van der Waals surface area contributed by atoms with E-state index in [1.54, 1.807) is 43.3 Å². The van der Waals surface area contributed by atoms with Gasteiger partial charge in [-0.25, -0.2) is 8.42 Å². The molecule has 2 amide bonds. The minimum absolute atomic E-state index is 0.0195. The molecule has 43 heavy (non-hydrogen) atoms. The summed E-state index contributed by atoms with van der Waals surface area (Å²) in [7, 11) is -4.31. The summed E-state index contributed by atoms with van der Waals surface area (Å²) in [6.45, 7) is 2.86. The quantitative estimate of drug-likeness (QED) is 0.225. The molecule has 3 aromatic rings. The summed E-state index contributed by atoms with van der Waals surface area (Å²) < 4.78 is 29.1. The maximum absolute atomic E-state index is 14.3. The second kappa shape index (κ2) is 14.5. The van der Waals surface area contributed by atoms with Crippen LogP contribution in [0.2, 0.25) is 20.1 Å². The fraction of sp³-hybridized carbons (Fsp3) is 0.355. The minimum Gasteiger partial charge on any atom is -0.352 e. The van der Waals surface area contributed by atoms with Crippen LogP contribution >= 0.6 is 46.4 Å². The Hall–Kier alpha value is -2.49. The lowest BCUT2D eigenvalue weighted by Crippen LogP contribution is -2.53. The third kappa shape index (κ3) is 7.78.